The highest BCUT2D eigenvalue weighted by Crippen LogP contribution is 2.46. The Morgan fingerprint density at radius 2 is 0.974 bits per heavy atom. The Hall–Kier alpha value is -4.88. The molecule has 0 saturated heterocycles. The molecule has 0 spiro atoms. The van der Waals surface area contributed by atoms with Crippen molar-refractivity contribution < 1.29 is 0 Å². The normalized spacial score (nSPS) is 12.6. The molecule has 1 nitrogen and oxygen atoms in total. The van der Waals surface area contributed by atoms with Crippen molar-refractivity contribution in [2.45, 2.75) is 6.42 Å². The highest BCUT2D eigenvalue weighted by molar-refractivity contribution is 6.23. The van der Waals surface area contributed by atoms with Crippen LogP contribution < -0.4 is 0 Å². The second-order valence-electron chi connectivity index (χ2n) is 10.5. The van der Waals surface area contributed by atoms with Gasteiger partial charge in [-0.3, -0.25) is 0 Å². The van der Waals surface area contributed by atoms with E-state index in [4.69, 9.17) is 0 Å². The molecule has 0 radical (unpaired) electrons. The van der Waals surface area contributed by atoms with E-state index in [-0.39, 0.29) is 0 Å². The van der Waals surface area contributed by atoms with Crippen LogP contribution in [-0.2, 0) is 6.42 Å². The van der Waals surface area contributed by atoms with Crippen LogP contribution in [0.2, 0.25) is 0 Å². The van der Waals surface area contributed by atoms with E-state index in [2.05, 4.69) is 132 Å². The lowest BCUT2D eigenvalue weighted by Gasteiger charge is -2.10. The van der Waals surface area contributed by atoms with Gasteiger partial charge in [-0.25, -0.2) is 0 Å². The fourth-order valence-corrected chi connectivity index (χ4v) is 6.99. The quantitative estimate of drug-likeness (QED) is 0.231. The maximum atomic E-state index is 2.48. The molecular formula is C37H23N. The van der Waals surface area contributed by atoms with Crippen LogP contribution in [0.1, 0.15) is 11.1 Å². The molecule has 0 atom stereocenters. The molecule has 1 aliphatic rings. The van der Waals surface area contributed by atoms with E-state index in [0.29, 0.717) is 0 Å². The van der Waals surface area contributed by atoms with Crippen molar-refractivity contribution in [1.82, 2.24) is 4.40 Å². The predicted molar refractivity (Wildman–Crippen MR) is 160 cm³/mol. The SMILES string of the molecule is c1ccc(-c2cccc3c2Cc2c(-c4ccc5c6cccc7c8ccccc8n(c5c4)c76)cccc2-3)cc1. The highest BCUT2D eigenvalue weighted by Gasteiger charge is 2.25. The summed E-state index contributed by atoms with van der Waals surface area (Å²) >= 11 is 0. The average Bonchev–Trinajstić information content (AvgIpc) is 3.64. The molecular weight excluding hydrogens is 458 g/mol. The molecule has 0 N–H and O–H groups in total. The van der Waals surface area contributed by atoms with Crippen molar-refractivity contribution in [2.75, 3.05) is 0 Å². The van der Waals surface area contributed by atoms with E-state index in [9.17, 15) is 0 Å². The summed E-state index contributed by atoms with van der Waals surface area (Å²) in [6.45, 7) is 0. The van der Waals surface area contributed by atoms with Crippen molar-refractivity contribution in [3.63, 3.8) is 0 Å². The third-order valence-corrected chi connectivity index (χ3v) is 8.62. The Morgan fingerprint density at radius 3 is 1.74 bits per heavy atom. The van der Waals surface area contributed by atoms with Gasteiger partial charge in [0.25, 0.3) is 0 Å². The zero-order chi connectivity index (χ0) is 24.8. The van der Waals surface area contributed by atoms with Gasteiger partial charge in [-0.2, -0.15) is 0 Å². The number of nitrogens with zero attached hydrogens (tertiary/aromatic N) is 1. The molecule has 1 heteroatoms. The first-order valence-corrected chi connectivity index (χ1v) is 13.3. The van der Waals surface area contributed by atoms with Crippen LogP contribution in [0.5, 0.6) is 0 Å². The first-order valence-electron chi connectivity index (χ1n) is 13.3. The topological polar surface area (TPSA) is 4.41 Å². The zero-order valence-electron chi connectivity index (χ0n) is 20.8. The van der Waals surface area contributed by atoms with Crippen LogP contribution in [0.3, 0.4) is 0 Å². The van der Waals surface area contributed by atoms with Crippen molar-refractivity contribution >= 4 is 38.1 Å². The standard InChI is InChI=1S/C37H23N/c1-2-9-23(10-3-1)25-12-6-14-27-28-15-7-13-26(34(28)22-33(25)27)24-19-20-30-32-17-8-16-31-29-11-4-5-18-35(29)38(37(31)32)36(30)21-24/h1-21H,22H2. The second-order valence-corrected chi connectivity index (χ2v) is 10.5. The van der Waals surface area contributed by atoms with E-state index in [1.165, 1.54) is 82.6 Å². The van der Waals surface area contributed by atoms with Gasteiger partial charge in [0.15, 0.2) is 0 Å². The third-order valence-electron chi connectivity index (χ3n) is 8.62. The summed E-state index contributed by atoms with van der Waals surface area (Å²) in [6.07, 6.45) is 0.958. The van der Waals surface area contributed by atoms with Crippen molar-refractivity contribution in [3.8, 4) is 33.4 Å². The molecule has 38 heavy (non-hydrogen) atoms. The van der Waals surface area contributed by atoms with Crippen LogP contribution in [0, 0.1) is 0 Å². The van der Waals surface area contributed by atoms with Gasteiger partial charge in [0, 0.05) is 21.5 Å². The fraction of sp³-hybridized carbons (Fsp3) is 0.0270. The first-order chi connectivity index (χ1) is 18.9. The average molecular weight is 482 g/mol. The smallest absolute Gasteiger partial charge is 0.0620 e. The molecule has 176 valence electrons. The van der Waals surface area contributed by atoms with Gasteiger partial charge in [0.05, 0.1) is 16.6 Å². The van der Waals surface area contributed by atoms with Gasteiger partial charge >= 0.3 is 0 Å². The zero-order valence-corrected chi connectivity index (χ0v) is 20.8. The molecule has 2 heterocycles. The molecule has 0 unspecified atom stereocenters. The lowest BCUT2D eigenvalue weighted by Crippen LogP contribution is -1.90. The molecule has 0 fully saturated rings. The number of aromatic nitrogens is 1. The molecule has 9 rings (SSSR count). The Bertz CT molecular complexity index is 2200. The fourth-order valence-electron chi connectivity index (χ4n) is 6.99. The van der Waals surface area contributed by atoms with Gasteiger partial charge in [0.2, 0.25) is 0 Å². The van der Waals surface area contributed by atoms with Gasteiger partial charge in [-0.05, 0) is 63.1 Å². The van der Waals surface area contributed by atoms with E-state index in [1.54, 1.807) is 0 Å². The van der Waals surface area contributed by atoms with Crippen molar-refractivity contribution in [3.05, 3.63) is 139 Å². The van der Waals surface area contributed by atoms with Crippen molar-refractivity contribution in [1.29, 1.82) is 0 Å². The number of hydrogen-bond acceptors (Lipinski definition) is 0. The third kappa shape index (κ3) is 2.55. The van der Waals surface area contributed by atoms with E-state index in [0.717, 1.165) is 6.42 Å². The van der Waals surface area contributed by atoms with E-state index < -0.39 is 0 Å². The molecule has 6 aromatic carbocycles. The van der Waals surface area contributed by atoms with Crippen LogP contribution in [0.25, 0.3) is 71.5 Å². The first kappa shape index (κ1) is 20.2. The van der Waals surface area contributed by atoms with Crippen LogP contribution >= 0.6 is 0 Å². The monoisotopic (exact) mass is 481 g/mol. The van der Waals surface area contributed by atoms with Gasteiger partial charge in [0.1, 0.15) is 0 Å². The van der Waals surface area contributed by atoms with Gasteiger partial charge in [-0.15, -0.1) is 0 Å². The maximum Gasteiger partial charge on any atom is 0.0620 e. The summed E-state index contributed by atoms with van der Waals surface area (Å²) in [4.78, 5) is 0. The van der Waals surface area contributed by atoms with E-state index in [1.807, 2.05) is 0 Å². The Labute approximate surface area is 220 Å². The molecule has 0 amide bonds. The number of rotatable bonds is 2. The summed E-state index contributed by atoms with van der Waals surface area (Å²) in [5.74, 6) is 0. The van der Waals surface area contributed by atoms with E-state index >= 15 is 0 Å². The van der Waals surface area contributed by atoms with Crippen LogP contribution in [-0.4, -0.2) is 4.40 Å². The van der Waals surface area contributed by atoms with Gasteiger partial charge in [-0.1, -0.05) is 115 Å². The number of fused-ring (bicyclic) bond motifs is 9. The molecule has 0 aliphatic heterocycles. The predicted octanol–water partition coefficient (Wildman–Crippen LogP) is 9.74. The summed E-state index contributed by atoms with van der Waals surface area (Å²) in [5.41, 5.74) is 14.8. The maximum absolute atomic E-state index is 2.48. The molecule has 2 aromatic heterocycles. The minimum atomic E-state index is 0.958. The Kier molecular flexibility index (Phi) is 3.90. The minimum Gasteiger partial charge on any atom is -0.308 e. The Morgan fingerprint density at radius 1 is 0.395 bits per heavy atom. The molecule has 8 aromatic rings. The summed E-state index contributed by atoms with van der Waals surface area (Å²) < 4.78 is 2.48. The number of benzene rings is 6. The summed E-state index contributed by atoms with van der Waals surface area (Å²) in [6, 6.07) is 47.0. The second kappa shape index (κ2) is 7.34. The van der Waals surface area contributed by atoms with Crippen LogP contribution in [0.15, 0.2) is 127 Å². The Balaban J connectivity index is 1.28. The number of para-hydroxylation sites is 2. The lowest BCUT2D eigenvalue weighted by molar-refractivity contribution is 1.26. The van der Waals surface area contributed by atoms with Crippen molar-refractivity contribution in [2.24, 2.45) is 0 Å². The molecule has 0 bridgehead atoms. The van der Waals surface area contributed by atoms with Gasteiger partial charge < -0.3 is 4.40 Å². The highest BCUT2D eigenvalue weighted by atomic mass is 14.9. The summed E-state index contributed by atoms with van der Waals surface area (Å²) in [5, 5.41) is 5.31. The molecule has 1 aliphatic carbocycles. The summed E-state index contributed by atoms with van der Waals surface area (Å²) in [7, 11) is 0. The lowest BCUT2D eigenvalue weighted by atomic mass is 9.94. The largest absolute Gasteiger partial charge is 0.308 e. The molecule has 0 saturated carbocycles. The number of hydrogen-bond donors (Lipinski definition) is 0. The minimum absolute atomic E-state index is 0.958. The van der Waals surface area contributed by atoms with Crippen LogP contribution in [0.4, 0.5) is 0 Å².